The summed E-state index contributed by atoms with van der Waals surface area (Å²) >= 11 is 0. The van der Waals surface area contributed by atoms with E-state index in [1.165, 1.54) is 23.1 Å². The molecule has 1 saturated heterocycles. The summed E-state index contributed by atoms with van der Waals surface area (Å²) in [4.78, 5) is 4.12. The standard InChI is InChI=1S/C20H18F2N6O2/c1-20-5-4-12(25-20)6-17(18(20)22)30-19-23-9-15(26-27-19)14-3-2-13(7-16(14)29)28-10-11(21)8-24-28/h2-5,7-10,12,17-18,25,29H,6H2,1H3/t12-,17-,18-,20+/m0/s1. The number of hydrogen-bond donors (Lipinski definition) is 2. The molecule has 0 amide bonds. The van der Waals surface area contributed by atoms with Gasteiger partial charge in [-0.05, 0) is 19.1 Å². The molecule has 2 aromatic heterocycles. The third-order valence-corrected chi connectivity index (χ3v) is 5.43. The summed E-state index contributed by atoms with van der Waals surface area (Å²) in [6.07, 6.45) is 5.97. The Morgan fingerprint density at radius 2 is 2.17 bits per heavy atom. The molecule has 3 aromatic rings. The van der Waals surface area contributed by atoms with Crippen LogP contribution in [0.25, 0.3) is 16.9 Å². The molecule has 154 valence electrons. The van der Waals surface area contributed by atoms with Gasteiger partial charge in [0.1, 0.15) is 17.5 Å². The molecule has 2 aliphatic rings. The molecule has 2 N–H and O–H groups in total. The van der Waals surface area contributed by atoms with Gasteiger partial charge in [0.2, 0.25) is 0 Å². The lowest BCUT2D eigenvalue weighted by molar-refractivity contribution is 0.0141. The van der Waals surface area contributed by atoms with Crippen molar-refractivity contribution in [2.75, 3.05) is 0 Å². The number of hydrogen-bond acceptors (Lipinski definition) is 7. The molecule has 0 spiro atoms. The number of piperidine rings is 1. The zero-order valence-electron chi connectivity index (χ0n) is 15.9. The van der Waals surface area contributed by atoms with Crippen molar-refractivity contribution >= 4 is 0 Å². The van der Waals surface area contributed by atoms with Crippen LogP contribution in [0.2, 0.25) is 0 Å². The van der Waals surface area contributed by atoms with Crippen LogP contribution in [0.4, 0.5) is 8.78 Å². The second-order valence-corrected chi connectivity index (χ2v) is 7.62. The number of ether oxygens (including phenoxy) is 1. The Labute approximate surface area is 170 Å². The van der Waals surface area contributed by atoms with Crippen molar-refractivity contribution in [1.29, 1.82) is 0 Å². The van der Waals surface area contributed by atoms with Gasteiger partial charge in [-0.1, -0.05) is 17.3 Å². The number of fused-ring (bicyclic) bond motifs is 2. The Morgan fingerprint density at radius 3 is 2.87 bits per heavy atom. The van der Waals surface area contributed by atoms with Gasteiger partial charge >= 0.3 is 6.01 Å². The Balaban J connectivity index is 1.33. The summed E-state index contributed by atoms with van der Waals surface area (Å²) in [6, 6.07) is 4.71. The number of phenols is 1. The predicted molar refractivity (Wildman–Crippen MR) is 102 cm³/mol. The lowest BCUT2D eigenvalue weighted by Crippen LogP contribution is -2.60. The fourth-order valence-electron chi connectivity index (χ4n) is 3.88. The molecular formula is C20H18F2N6O2. The SMILES string of the molecule is C[C@@]12C=C[C@@H](C[C@H](Oc3ncc(-c4ccc(-n5cc(F)cn5)cc4O)nn3)[C@@H]1F)N2. The molecule has 30 heavy (non-hydrogen) atoms. The van der Waals surface area contributed by atoms with E-state index in [4.69, 9.17) is 4.74 Å². The summed E-state index contributed by atoms with van der Waals surface area (Å²) in [6.45, 7) is 1.79. The van der Waals surface area contributed by atoms with Crippen LogP contribution in [0.3, 0.4) is 0 Å². The van der Waals surface area contributed by atoms with Gasteiger partial charge in [-0.3, -0.25) is 5.32 Å². The number of aromatic hydroxyl groups is 1. The Kier molecular flexibility index (Phi) is 4.24. The molecule has 0 saturated carbocycles. The van der Waals surface area contributed by atoms with Gasteiger partial charge in [0, 0.05) is 24.1 Å². The predicted octanol–water partition coefficient (Wildman–Crippen LogP) is 2.34. The van der Waals surface area contributed by atoms with Crippen molar-refractivity contribution in [2.24, 2.45) is 0 Å². The number of benzene rings is 1. The van der Waals surface area contributed by atoms with Crippen molar-refractivity contribution in [3.63, 3.8) is 0 Å². The van der Waals surface area contributed by atoms with E-state index in [0.29, 0.717) is 23.4 Å². The minimum absolute atomic E-state index is 0.0283. The van der Waals surface area contributed by atoms with E-state index < -0.39 is 23.6 Å². The third-order valence-electron chi connectivity index (χ3n) is 5.43. The van der Waals surface area contributed by atoms with Crippen LogP contribution in [-0.4, -0.2) is 53.9 Å². The molecule has 0 unspecified atom stereocenters. The molecular weight excluding hydrogens is 394 g/mol. The number of halogens is 2. The van der Waals surface area contributed by atoms with Crippen molar-refractivity contribution < 1.29 is 18.6 Å². The van der Waals surface area contributed by atoms with Crippen molar-refractivity contribution in [2.45, 2.75) is 37.2 Å². The largest absolute Gasteiger partial charge is 0.507 e. The molecule has 2 aliphatic heterocycles. The van der Waals surface area contributed by atoms with Crippen LogP contribution in [0.1, 0.15) is 13.3 Å². The van der Waals surface area contributed by atoms with Crippen molar-refractivity contribution in [1.82, 2.24) is 30.3 Å². The van der Waals surface area contributed by atoms with Gasteiger partial charge in [-0.25, -0.2) is 18.4 Å². The zero-order chi connectivity index (χ0) is 20.9. The monoisotopic (exact) mass is 412 g/mol. The molecule has 1 aromatic carbocycles. The first-order valence-electron chi connectivity index (χ1n) is 9.43. The molecule has 5 rings (SSSR count). The van der Waals surface area contributed by atoms with E-state index in [2.05, 4.69) is 25.6 Å². The summed E-state index contributed by atoms with van der Waals surface area (Å²) in [5, 5.41) is 25.4. The maximum Gasteiger partial charge on any atom is 0.336 e. The van der Waals surface area contributed by atoms with Crippen LogP contribution in [0.15, 0.2) is 48.9 Å². The summed E-state index contributed by atoms with van der Waals surface area (Å²) in [5.41, 5.74) is 0.427. The minimum atomic E-state index is -1.25. The molecule has 4 atom stereocenters. The maximum atomic E-state index is 14.8. The second kappa shape index (κ2) is 6.84. The number of nitrogens with zero attached hydrogens (tertiary/aromatic N) is 5. The quantitative estimate of drug-likeness (QED) is 0.635. The normalized spacial score (nSPS) is 27.4. The summed E-state index contributed by atoms with van der Waals surface area (Å²) in [7, 11) is 0. The average molecular weight is 412 g/mol. The summed E-state index contributed by atoms with van der Waals surface area (Å²) in [5.74, 6) is -0.572. The number of nitrogens with one attached hydrogen (secondary N) is 1. The first-order valence-corrected chi connectivity index (χ1v) is 9.43. The third kappa shape index (κ3) is 3.18. The van der Waals surface area contributed by atoms with Gasteiger partial charge in [0.15, 0.2) is 12.0 Å². The van der Waals surface area contributed by atoms with E-state index in [1.807, 2.05) is 12.2 Å². The van der Waals surface area contributed by atoms with Crippen LogP contribution < -0.4 is 10.1 Å². The van der Waals surface area contributed by atoms with Crippen LogP contribution >= 0.6 is 0 Å². The lowest BCUT2D eigenvalue weighted by Gasteiger charge is -2.39. The second-order valence-electron chi connectivity index (χ2n) is 7.62. The lowest BCUT2D eigenvalue weighted by atomic mass is 9.89. The number of aromatic nitrogens is 5. The first-order chi connectivity index (χ1) is 14.4. The van der Waals surface area contributed by atoms with E-state index in [0.717, 1.165) is 6.20 Å². The fourth-order valence-corrected chi connectivity index (χ4v) is 3.88. The van der Waals surface area contributed by atoms with Crippen molar-refractivity contribution in [3.05, 3.63) is 54.8 Å². The Hall–Kier alpha value is -3.40. The molecule has 10 heteroatoms. The Bertz CT molecular complexity index is 1120. The van der Waals surface area contributed by atoms with Gasteiger partial charge in [-0.2, -0.15) is 5.10 Å². The van der Waals surface area contributed by atoms with E-state index in [-0.39, 0.29) is 17.8 Å². The molecule has 0 radical (unpaired) electrons. The molecule has 4 heterocycles. The van der Waals surface area contributed by atoms with E-state index >= 15 is 0 Å². The van der Waals surface area contributed by atoms with Gasteiger partial charge in [0.25, 0.3) is 0 Å². The zero-order valence-corrected chi connectivity index (χ0v) is 15.9. The minimum Gasteiger partial charge on any atom is -0.507 e. The van der Waals surface area contributed by atoms with Crippen molar-refractivity contribution in [3.8, 4) is 28.7 Å². The van der Waals surface area contributed by atoms with E-state index in [9.17, 15) is 13.9 Å². The number of phenolic OH excluding ortho intramolecular Hbond substituents is 1. The molecule has 2 bridgehead atoms. The van der Waals surface area contributed by atoms with Crippen LogP contribution in [0, 0.1) is 5.82 Å². The number of rotatable bonds is 4. The summed E-state index contributed by atoms with van der Waals surface area (Å²) < 4.78 is 34.9. The first kappa shape index (κ1) is 18.6. The highest BCUT2D eigenvalue weighted by atomic mass is 19.1. The molecule has 0 aliphatic carbocycles. The maximum absolute atomic E-state index is 14.8. The smallest absolute Gasteiger partial charge is 0.336 e. The van der Waals surface area contributed by atoms with Gasteiger partial charge < -0.3 is 9.84 Å². The van der Waals surface area contributed by atoms with Crippen LogP contribution in [0.5, 0.6) is 11.8 Å². The molecule has 1 fully saturated rings. The highest BCUT2D eigenvalue weighted by molar-refractivity contribution is 5.67. The topological polar surface area (TPSA) is 98.0 Å². The highest BCUT2D eigenvalue weighted by Crippen LogP contribution is 2.34. The Morgan fingerprint density at radius 1 is 1.30 bits per heavy atom. The van der Waals surface area contributed by atoms with Crippen LogP contribution in [-0.2, 0) is 0 Å². The van der Waals surface area contributed by atoms with E-state index in [1.54, 1.807) is 19.1 Å². The number of alkyl halides is 1. The average Bonchev–Trinajstić information content (AvgIpc) is 3.31. The van der Waals surface area contributed by atoms with Gasteiger partial charge in [-0.15, -0.1) is 5.10 Å². The molecule has 8 nitrogen and oxygen atoms in total. The fraction of sp³-hybridized carbons (Fsp3) is 0.300. The highest BCUT2D eigenvalue weighted by Gasteiger charge is 2.48. The van der Waals surface area contributed by atoms with Gasteiger partial charge in [0.05, 0.1) is 29.8 Å².